The summed E-state index contributed by atoms with van der Waals surface area (Å²) in [6, 6.07) is 7.71. The number of benzene rings is 1. The van der Waals surface area contributed by atoms with Gasteiger partial charge in [0.05, 0.1) is 30.1 Å². The average molecular weight is 250 g/mol. The van der Waals surface area contributed by atoms with Crippen molar-refractivity contribution in [2.45, 2.75) is 11.0 Å². The SMILES string of the molecule is Nc1cnc2ccccc2c1SCC(O)CO. The number of aromatic nitrogens is 1. The van der Waals surface area contributed by atoms with Crippen molar-refractivity contribution in [3.8, 4) is 0 Å². The van der Waals surface area contributed by atoms with E-state index in [9.17, 15) is 5.11 Å². The Morgan fingerprint density at radius 3 is 2.88 bits per heavy atom. The lowest BCUT2D eigenvalue weighted by Gasteiger charge is -2.11. The van der Waals surface area contributed by atoms with Crippen molar-refractivity contribution >= 4 is 28.4 Å². The van der Waals surface area contributed by atoms with Gasteiger partial charge in [0, 0.05) is 16.0 Å². The molecule has 5 heteroatoms. The molecule has 1 heterocycles. The highest BCUT2D eigenvalue weighted by Crippen LogP contribution is 2.32. The van der Waals surface area contributed by atoms with E-state index in [1.54, 1.807) is 6.20 Å². The summed E-state index contributed by atoms with van der Waals surface area (Å²) < 4.78 is 0. The van der Waals surface area contributed by atoms with E-state index in [2.05, 4.69) is 4.98 Å². The summed E-state index contributed by atoms with van der Waals surface area (Å²) in [4.78, 5) is 5.14. The van der Waals surface area contributed by atoms with Gasteiger partial charge >= 0.3 is 0 Å². The number of anilines is 1. The van der Waals surface area contributed by atoms with Crippen molar-refractivity contribution in [3.05, 3.63) is 30.5 Å². The first-order valence-corrected chi connectivity index (χ1v) is 6.26. The normalized spacial score (nSPS) is 12.8. The number of aliphatic hydroxyl groups is 2. The molecule has 2 aromatic rings. The number of hydrogen-bond acceptors (Lipinski definition) is 5. The molecule has 17 heavy (non-hydrogen) atoms. The molecule has 1 atom stereocenters. The number of rotatable bonds is 4. The van der Waals surface area contributed by atoms with Crippen LogP contribution in [0.4, 0.5) is 5.69 Å². The number of pyridine rings is 1. The van der Waals surface area contributed by atoms with Crippen molar-refractivity contribution in [1.82, 2.24) is 4.98 Å². The second-order valence-corrected chi connectivity index (χ2v) is 4.74. The Balaban J connectivity index is 2.34. The van der Waals surface area contributed by atoms with Gasteiger partial charge in [-0.25, -0.2) is 0 Å². The summed E-state index contributed by atoms with van der Waals surface area (Å²) in [5, 5.41) is 19.1. The van der Waals surface area contributed by atoms with Crippen LogP contribution in [-0.2, 0) is 0 Å². The Morgan fingerprint density at radius 1 is 1.35 bits per heavy atom. The van der Waals surface area contributed by atoms with E-state index in [1.165, 1.54) is 11.8 Å². The fourth-order valence-electron chi connectivity index (χ4n) is 1.52. The van der Waals surface area contributed by atoms with Gasteiger partial charge in [-0.1, -0.05) is 18.2 Å². The van der Waals surface area contributed by atoms with E-state index in [1.807, 2.05) is 24.3 Å². The van der Waals surface area contributed by atoms with Crippen LogP contribution in [0, 0.1) is 0 Å². The van der Waals surface area contributed by atoms with E-state index in [0.29, 0.717) is 11.4 Å². The summed E-state index contributed by atoms with van der Waals surface area (Å²) in [6.07, 6.45) is 0.891. The van der Waals surface area contributed by atoms with Crippen LogP contribution in [0.15, 0.2) is 35.4 Å². The molecule has 0 bridgehead atoms. The zero-order valence-electron chi connectivity index (χ0n) is 9.21. The molecule has 90 valence electrons. The van der Waals surface area contributed by atoms with Gasteiger partial charge in [0.1, 0.15) is 0 Å². The summed E-state index contributed by atoms with van der Waals surface area (Å²) in [7, 11) is 0. The van der Waals surface area contributed by atoms with Crippen LogP contribution in [0.2, 0.25) is 0 Å². The first-order valence-electron chi connectivity index (χ1n) is 5.27. The van der Waals surface area contributed by atoms with Gasteiger partial charge in [-0.05, 0) is 6.07 Å². The standard InChI is InChI=1S/C12H14N2O2S/c13-10-5-14-11-4-2-1-3-9(11)12(10)17-7-8(16)6-15/h1-5,8,15-16H,6-7,13H2. The number of nitrogen functional groups attached to an aromatic ring is 1. The fraction of sp³-hybridized carbons (Fsp3) is 0.250. The van der Waals surface area contributed by atoms with Gasteiger partial charge in [-0.2, -0.15) is 0 Å². The number of hydrogen-bond donors (Lipinski definition) is 3. The Labute approximate surface area is 103 Å². The zero-order valence-corrected chi connectivity index (χ0v) is 10.0. The largest absolute Gasteiger partial charge is 0.397 e. The van der Waals surface area contributed by atoms with Crippen LogP contribution in [0.25, 0.3) is 10.9 Å². The highest BCUT2D eigenvalue weighted by molar-refractivity contribution is 7.99. The predicted octanol–water partition coefficient (Wildman–Crippen LogP) is 1.26. The van der Waals surface area contributed by atoms with Crippen LogP contribution in [-0.4, -0.2) is 33.7 Å². The van der Waals surface area contributed by atoms with Crippen LogP contribution >= 0.6 is 11.8 Å². The number of aliphatic hydroxyl groups excluding tert-OH is 2. The van der Waals surface area contributed by atoms with E-state index < -0.39 is 6.10 Å². The quantitative estimate of drug-likeness (QED) is 0.712. The number of nitrogens with zero attached hydrogens (tertiary/aromatic N) is 1. The van der Waals surface area contributed by atoms with Gasteiger partial charge in [0.2, 0.25) is 0 Å². The molecule has 0 saturated heterocycles. The summed E-state index contributed by atoms with van der Waals surface area (Å²) in [5.41, 5.74) is 7.36. The van der Waals surface area contributed by atoms with Crippen LogP contribution in [0.5, 0.6) is 0 Å². The van der Waals surface area contributed by atoms with Crippen molar-refractivity contribution < 1.29 is 10.2 Å². The lowest BCUT2D eigenvalue weighted by molar-refractivity contribution is 0.113. The highest BCUT2D eigenvalue weighted by Gasteiger charge is 2.09. The van der Waals surface area contributed by atoms with Crippen molar-refractivity contribution in [3.63, 3.8) is 0 Å². The molecule has 1 aromatic heterocycles. The maximum Gasteiger partial charge on any atom is 0.0864 e. The number of para-hydroxylation sites is 1. The van der Waals surface area contributed by atoms with Crippen LogP contribution in [0.1, 0.15) is 0 Å². The molecule has 0 saturated carbocycles. The van der Waals surface area contributed by atoms with Gasteiger partial charge in [-0.15, -0.1) is 11.8 Å². The number of fused-ring (bicyclic) bond motifs is 1. The van der Waals surface area contributed by atoms with E-state index >= 15 is 0 Å². The molecule has 0 radical (unpaired) electrons. The van der Waals surface area contributed by atoms with E-state index in [4.69, 9.17) is 10.8 Å². The molecule has 1 aromatic carbocycles. The number of nitrogens with two attached hydrogens (primary N) is 1. The summed E-state index contributed by atoms with van der Waals surface area (Å²) in [6.45, 7) is -0.240. The lowest BCUT2D eigenvalue weighted by atomic mass is 10.2. The Kier molecular flexibility index (Phi) is 3.83. The maximum atomic E-state index is 9.35. The molecule has 0 aliphatic rings. The fourth-order valence-corrected chi connectivity index (χ4v) is 2.54. The second-order valence-electron chi connectivity index (χ2n) is 3.71. The molecule has 2 rings (SSSR count). The topological polar surface area (TPSA) is 79.4 Å². The Bertz CT molecular complexity index is 519. The molecule has 4 nitrogen and oxygen atoms in total. The minimum absolute atomic E-state index is 0.240. The van der Waals surface area contributed by atoms with Gasteiger partial charge < -0.3 is 15.9 Å². The molecular weight excluding hydrogens is 236 g/mol. The van der Waals surface area contributed by atoms with Crippen molar-refractivity contribution in [1.29, 1.82) is 0 Å². The lowest BCUT2D eigenvalue weighted by Crippen LogP contribution is -2.14. The van der Waals surface area contributed by atoms with Crippen LogP contribution in [0.3, 0.4) is 0 Å². The van der Waals surface area contributed by atoms with Crippen molar-refractivity contribution in [2.75, 3.05) is 18.1 Å². The first kappa shape index (κ1) is 12.2. The smallest absolute Gasteiger partial charge is 0.0864 e. The zero-order chi connectivity index (χ0) is 12.3. The highest BCUT2D eigenvalue weighted by atomic mass is 32.2. The molecule has 0 aliphatic heterocycles. The summed E-state index contributed by atoms with van der Waals surface area (Å²) in [5.74, 6) is 0.411. The molecule has 0 amide bonds. The Morgan fingerprint density at radius 2 is 2.12 bits per heavy atom. The molecule has 1 unspecified atom stereocenters. The van der Waals surface area contributed by atoms with Gasteiger partial charge in [-0.3, -0.25) is 4.98 Å². The third-order valence-electron chi connectivity index (χ3n) is 2.38. The van der Waals surface area contributed by atoms with E-state index in [-0.39, 0.29) is 6.61 Å². The summed E-state index contributed by atoms with van der Waals surface area (Å²) >= 11 is 1.43. The van der Waals surface area contributed by atoms with Gasteiger partial charge in [0.25, 0.3) is 0 Å². The monoisotopic (exact) mass is 250 g/mol. The van der Waals surface area contributed by atoms with Gasteiger partial charge in [0.15, 0.2) is 0 Å². The second kappa shape index (κ2) is 5.35. The Hall–Kier alpha value is -1.30. The number of thioether (sulfide) groups is 1. The molecule has 0 spiro atoms. The third-order valence-corrected chi connectivity index (χ3v) is 3.68. The molecule has 4 N–H and O–H groups in total. The molecular formula is C12H14N2O2S. The predicted molar refractivity (Wildman–Crippen MR) is 70.0 cm³/mol. The van der Waals surface area contributed by atoms with Crippen LogP contribution < -0.4 is 5.73 Å². The maximum absolute atomic E-state index is 9.35. The van der Waals surface area contributed by atoms with Crippen molar-refractivity contribution in [2.24, 2.45) is 0 Å². The molecule has 0 aliphatic carbocycles. The minimum Gasteiger partial charge on any atom is -0.397 e. The molecule has 0 fully saturated rings. The average Bonchev–Trinajstić information content (AvgIpc) is 2.37. The minimum atomic E-state index is -0.730. The van der Waals surface area contributed by atoms with E-state index in [0.717, 1.165) is 15.8 Å². The first-order chi connectivity index (χ1) is 8.22. The third kappa shape index (κ3) is 2.69.